The quantitative estimate of drug-likeness (QED) is 0.790. The number of likely N-dealkylation sites (tertiary alicyclic amines) is 1. The molecule has 0 bridgehead atoms. The van der Waals surface area contributed by atoms with E-state index in [9.17, 15) is 4.79 Å². The predicted molar refractivity (Wildman–Crippen MR) is 76.5 cm³/mol. The number of rotatable bonds is 6. The van der Waals surface area contributed by atoms with Gasteiger partial charge in [-0.3, -0.25) is 4.79 Å². The average molecular weight is 254 g/mol. The Morgan fingerprint density at radius 2 is 2.11 bits per heavy atom. The van der Waals surface area contributed by atoms with Crippen molar-refractivity contribution < 1.29 is 4.79 Å². The summed E-state index contributed by atoms with van der Waals surface area (Å²) in [6.45, 7) is 8.58. The van der Waals surface area contributed by atoms with E-state index in [1.807, 2.05) is 7.05 Å². The molecule has 0 saturated carbocycles. The van der Waals surface area contributed by atoms with E-state index in [0.717, 1.165) is 38.3 Å². The van der Waals surface area contributed by atoms with Crippen LogP contribution in [0.4, 0.5) is 0 Å². The minimum Gasteiger partial charge on any atom is -0.341 e. The Balaban J connectivity index is 2.52. The Hall–Kier alpha value is -0.570. The molecule has 1 rings (SSSR count). The third kappa shape index (κ3) is 4.60. The fraction of sp³-hybridized carbons (Fsp3) is 0.933. The Morgan fingerprint density at radius 1 is 1.39 bits per heavy atom. The van der Waals surface area contributed by atoms with Gasteiger partial charge in [0.1, 0.15) is 0 Å². The van der Waals surface area contributed by atoms with Crippen LogP contribution >= 0.6 is 0 Å². The second kappa shape index (κ2) is 7.78. The first-order valence-corrected chi connectivity index (χ1v) is 7.53. The van der Waals surface area contributed by atoms with Gasteiger partial charge in [0.25, 0.3) is 0 Å². The number of nitrogens with zero attached hydrogens (tertiary/aromatic N) is 1. The highest BCUT2D eigenvalue weighted by Crippen LogP contribution is 2.25. The van der Waals surface area contributed by atoms with E-state index in [2.05, 4.69) is 31.0 Å². The van der Waals surface area contributed by atoms with Gasteiger partial charge in [0, 0.05) is 25.6 Å². The predicted octanol–water partition coefficient (Wildman–Crippen LogP) is 2.66. The van der Waals surface area contributed by atoms with Gasteiger partial charge in [-0.25, -0.2) is 0 Å². The van der Waals surface area contributed by atoms with E-state index in [1.54, 1.807) is 0 Å². The van der Waals surface area contributed by atoms with Crippen LogP contribution in [0, 0.1) is 11.8 Å². The summed E-state index contributed by atoms with van der Waals surface area (Å²) >= 11 is 0. The topological polar surface area (TPSA) is 32.3 Å². The second-order valence-electron chi connectivity index (χ2n) is 5.95. The van der Waals surface area contributed by atoms with Crippen molar-refractivity contribution in [2.45, 2.75) is 58.9 Å². The highest BCUT2D eigenvalue weighted by atomic mass is 16.2. The fourth-order valence-electron chi connectivity index (χ4n) is 2.86. The Labute approximate surface area is 112 Å². The third-order valence-corrected chi connectivity index (χ3v) is 4.28. The number of carbonyl (C=O) groups excluding carboxylic acids is 1. The summed E-state index contributed by atoms with van der Waals surface area (Å²) in [5.74, 6) is 1.78. The van der Waals surface area contributed by atoms with E-state index < -0.39 is 0 Å². The molecule has 2 unspecified atom stereocenters. The van der Waals surface area contributed by atoms with E-state index in [-0.39, 0.29) is 0 Å². The summed E-state index contributed by atoms with van der Waals surface area (Å²) in [7, 11) is 2.00. The lowest BCUT2D eigenvalue weighted by molar-refractivity contribution is -0.131. The zero-order chi connectivity index (χ0) is 13.5. The van der Waals surface area contributed by atoms with Crippen LogP contribution in [0.5, 0.6) is 0 Å². The smallest absolute Gasteiger partial charge is 0.222 e. The molecule has 0 aromatic carbocycles. The van der Waals surface area contributed by atoms with E-state index in [1.165, 1.54) is 12.8 Å². The molecule has 0 radical (unpaired) electrons. The maximum atomic E-state index is 12.1. The van der Waals surface area contributed by atoms with Gasteiger partial charge in [0.05, 0.1) is 0 Å². The molecule has 1 fully saturated rings. The molecule has 1 amide bonds. The SMILES string of the molecule is CCCC(CN1CCC(C(C)C)CCC1=O)NC. The molecule has 3 heteroatoms. The molecule has 3 nitrogen and oxygen atoms in total. The van der Waals surface area contributed by atoms with Crippen LogP contribution in [0.2, 0.25) is 0 Å². The number of hydrogen-bond acceptors (Lipinski definition) is 2. The van der Waals surface area contributed by atoms with Crippen molar-refractivity contribution in [3.05, 3.63) is 0 Å². The van der Waals surface area contributed by atoms with Gasteiger partial charge in [-0.2, -0.15) is 0 Å². The molecule has 1 aliphatic rings. The van der Waals surface area contributed by atoms with Crippen LogP contribution in [0.15, 0.2) is 0 Å². The number of nitrogens with one attached hydrogen (secondary N) is 1. The largest absolute Gasteiger partial charge is 0.341 e. The molecule has 18 heavy (non-hydrogen) atoms. The molecule has 2 atom stereocenters. The minimum absolute atomic E-state index is 0.356. The van der Waals surface area contributed by atoms with Gasteiger partial charge in [0.15, 0.2) is 0 Å². The Bertz CT molecular complexity index is 253. The van der Waals surface area contributed by atoms with Gasteiger partial charge in [-0.1, -0.05) is 27.2 Å². The van der Waals surface area contributed by atoms with E-state index >= 15 is 0 Å². The highest BCUT2D eigenvalue weighted by molar-refractivity contribution is 5.76. The summed E-state index contributed by atoms with van der Waals surface area (Å²) in [6.07, 6.45) is 5.30. The molecule has 0 aromatic rings. The van der Waals surface area contributed by atoms with Crippen LogP contribution in [-0.4, -0.2) is 37.0 Å². The van der Waals surface area contributed by atoms with Gasteiger partial charge < -0.3 is 10.2 Å². The van der Waals surface area contributed by atoms with Crippen molar-refractivity contribution >= 4 is 5.91 Å². The Kier molecular flexibility index (Phi) is 6.69. The maximum Gasteiger partial charge on any atom is 0.222 e. The first kappa shape index (κ1) is 15.5. The lowest BCUT2D eigenvalue weighted by Gasteiger charge is -2.26. The van der Waals surface area contributed by atoms with Crippen LogP contribution < -0.4 is 5.32 Å². The average Bonchev–Trinajstić information content (AvgIpc) is 2.52. The van der Waals surface area contributed by atoms with Crippen molar-refractivity contribution in [2.24, 2.45) is 11.8 Å². The standard InChI is InChI=1S/C15H30N2O/c1-5-6-14(16-4)11-17-10-9-13(12(2)3)7-8-15(17)18/h12-14,16H,5-11H2,1-4H3. The molecule has 106 valence electrons. The van der Waals surface area contributed by atoms with Crippen LogP contribution in [0.25, 0.3) is 0 Å². The molecule has 0 aliphatic carbocycles. The summed E-state index contributed by atoms with van der Waals surface area (Å²) < 4.78 is 0. The summed E-state index contributed by atoms with van der Waals surface area (Å²) in [5.41, 5.74) is 0. The first-order valence-electron chi connectivity index (χ1n) is 7.53. The molecule has 1 saturated heterocycles. The molecule has 0 spiro atoms. The highest BCUT2D eigenvalue weighted by Gasteiger charge is 2.25. The molecule has 1 heterocycles. The van der Waals surface area contributed by atoms with Gasteiger partial charge in [0.2, 0.25) is 5.91 Å². The lowest BCUT2D eigenvalue weighted by atomic mass is 9.89. The van der Waals surface area contributed by atoms with Crippen molar-refractivity contribution in [3.63, 3.8) is 0 Å². The molecule has 0 aromatic heterocycles. The van der Waals surface area contributed by atoms with Crippen molar-refractivity contribution in [3.8, 4) is 0 Å². The molecule has 1 N–H and O–H groups in total. The van der Waals surface area contributed by atoms with E-state index in [4.69, 9.17) is 0 Å². The summed E-state index contributed by atoms with van der Waals surface area (Å²) in [5, 5.41) is 3.33. The maximum absolute atomic E-state index is 12.1. The minimum atomic E-state index is 0.356. The van der Waals surface area contributed by atoms with Crippen molar-refractivity contribution in [2.75, 3.05) is 20.1 Å². The number of likely N-dealkylation sites (N-methyl/N-ethyl adjacent to an activating group) is 1. The monoisotopic (exact) mass is 254 g/mol. The first-order chi connectivity index (χ1) is 8.58. The number of amides is 1. The van der Waals surface area contributed by atoms with Crippen LogP contribution in [0.1, 0.15) is 52.9 Å². The van der Waals surface area contributed by atoms with Gasteiger partial charge >= 0.3 is 0 Å². The van der Waals surface area contributed by atoms with Crippen LogP contribution in [-0.2, 0) is 4.79 Å². The third-order valence-electron chi connectivity index (χ3n) is 4.28. The van der Waals surface area contributed by atoms with Crippen molar-refractivity contribution in [1.29, 1.82) is 0 Å². The lowest BCUT2D eigenvalue weighted by Crippen LogP contribution is -2.42. The van der Waals surface area contributed by atoms with Crippen LogP contribution in [0.3, 0.4) is 0 Å². The Morgan fingerprint density at radius 3 is 2.67 bits per heavy atom. The summed E-state index contributed by atoms with van der Waals surface area (Å²) in [6, 6.07) is 0.453. The molecular weight excluding hydrogens is 224 g/mol. The second-order valence-corrected chi connectivity index (χ2v) is 5.95. The molecule has 1 aliphatic heterocycles. The van der Waals surface area contributed by atoms with Crippen molar-refractivity contribution in [1.82, 2.24) is 10.2 Å². The van der Waals surface area contributed by atoms with Gasteiger partial charge in [-0.05, 0) is 38.1 Å². The van der Waals surface area contributed by atoms with E-state index in [0.29, 0.717) is 17.9 Å². The summed E-state index contributed by atoms with van der Waals surface area (Å²) in [4.78, 5) is 14.2. The zero-order valence-electron chi connectivity index (χ0n) is 12.5. The van der Waals surface area contributed by atoms with Gasteiger partial charge in [-0.15, -0.1) is 0 Å². The number of hydrogen-bond donors (Lipinski definition) is 1. The zero-order valence-corrected chi connectivity index (χ0v) is 12.5. The number of carbonyl (C=O) groups is 1. The fourth-order valence-corrected chi connectivity index (χ4v) is 2.86. The molecular formula is C15H30N2O. The normalized spacial score (nSPS) is 23.3.